The summed E-state index contributed by atoms with van der Waals surface area (Å²) in [5.74, 6) is -0.155. The number of methoxy groups -OCH3 is 1. The summed E-state index contributed by atoms with van der Waals surface area (Å²) in [6, 6.07) is 6.74. The SMILES string of the molecule is COCCNc1nc(Nc2ccc3c(c2)C2CCC3N2)ncc1C(F)(F)F.Cl.Cl. The van der Waals surface area contributed by atoms with Crippen molar-refractivity contribution in [2.24, 2.45) is 0 Å². The summed E-state index contributed by atoms with van der Waals surface area (Å²) in [5, 5.41) is 9.22. The van der Waals surface area contributed by atoms with Crippen LogP contribution in [0.3, 0.4) is 0 Å². The van der Waals surface area contributed by atoms with Crippen LogP contribution in [0.25, 0.3) is 0 Å². The van der Waals surface area contributed by atoms with Crippen LogP contribution in [0.2, 0.25) is 0 Å². The Morgan fingerprint density at radius 3 is 2.59 bits per heavy atom. The molecule has 1 aromatic heterocycles. The van der Waals surface area contributed by atoms with Crippen molar-refractivity contribution in [2.75, 3.05) is 30.9 Å². The summed E-state index contributed by atoms with van der Waals surface area (Å²) in [4.78, 5) is 7.86. The van der Waals surface area contributed by atoms with Gasteiger partial charge in [0.25, 0.3) is 0 Å². The van der Waals surface area contributed by atoms with Crippen molar-refractivity contribution >= 4 is 42.3 Å². The third-order valence-electron chi connectivity index (χ3n) is 4.93. The third kappa shape index (κ3) is 4.85. The molecule has 2 unspecified atom stereocenters. The summed E-state index contributed by atoms with van der Waals surface area (Å²) in [6.07, 6.45) is -1.50. The second kappa shape index (κ2) is 9.34. The summed E-state index contributed by atoms with van der Waals surface area (Å²) in [7, 11) is 1.48. The number of ether oxygens (including phenoxy) is 1. The second-order valence-corrected chi connectivity index (χ2v) is 6.69. The molecule has 1 saturated heterocycles. The lowest BCUT2D eigenvalue weighted by molar-refractivity contribution is -0.137. The Kier molecular flexibility index (Phi) is 7.56. The van der Waals surface area contributed by atoms with Gasteiger partial charge in [0, 0.05) is 37.6 Å². The van der Waals surface area contributed by atoms with E-state index in [1.54, 1.807) is 0 Å². The number of aromatic nitrogens is 2. The van der Waals surface area contributed by atoms with Gasteiger partial charge < -0.3 is 20.7 Å². The molecule has 2 aliphatic heterocycles. The number of rotatable bonds is 6. The number of fused-ring (bicyclic) bond motifs is 5. The molecule has 160 valence electrons. The van der Waals surface area contributed by atoms with E-state index in [4.69, 9.17) is 4.74 Å². The van der Waals surface area contributed by atoms with E-state index in [0.29, 0.717) is 12.1 Å². The van der Waals surface area contributed by atoms with Crippen molar-refractivity contribution in [1.29, 1.82) is 0 Å². The molecule has 2 bridgehead atoms. The van der Waals surface area contributed by atoms with Gasteiger partial charge in [-0.25, -0.2) is 4.98 Å². The Balaban J connectivity index is 0.00000150. The first-order valence-electron chi connectivity index (χ1n) is 8.79. The predicted octanol–water partition coefficient (Wildman–Crippen LogP) is 4.62. The molecule has 2 aliphatic rings. The average Bonchev–Trinajstić information content (AvgIpc) is 3.23. The molecule has 11 heteroatoms. The van der Waals surface area contributed by atoms with Gasteiger partial charge in [-0.05, 0) is 36.1 Å². The van der Waals surface area contributed by atoms with Crippen LogP contribution in [0.5, 0.6) is 0 Å². The number of anilines is 3. The van der Waals surface area contributed by atoms with Gasteiger partial charge in [-0.3, -0.25) is 0 Å². The lowest BCUT2D eigenvalue weighted by atomic mass is 9.91. The molecule has 1 aromatic carbocycles. The summed E-state index contributed by atoms with van der Waals surface area (Å²) < 4.78 is 44.4. The maximum absolute atomic E-state index is 13.2. The number of halogens is 5. The predicted molar refractivity (Wildman–Crippen MR) is 109 cm³/mol. The molecule has 0 radical (unpaired) electrons. The van der Waals surface area contributed by atoms with Gasteiger partial charge in [-0.1, -0.05) is 6.07 Å². The van der Waals surface area contributed by atoms with E-state index in [-0.39, 0.29) is 49.7 Å². The van der Waals surface area contributed by atoms with Gasteiger partial charge in [-0.15, -0.1) is 24.8 Å². The normalized spacial score (nSPS) is 19.2. The van der Waals surface area contributed by atoms with Crippen LogP contribution in [0.1, 0.15) is 41.6 Å². The van der Waals surface area contributed by atoms with E-state index in [0.717, 1.165) is 24.7 Å². The molecule has 4 rings (SSSR count). The van der Waals surface area contributed by atoms with Crippen LogP contribution in [0.15, 0.2) is 24.4 Å². The van der Waals surface area contributed by atoms with Gasteiger partial charge in [0.1, 0.15) is 11.4 Å². The smallest absolute Gasteiger partial charge is 0.383 e. The number of hydrogen-bond acceptors (Lipinski definition) is 6. The van der Waals surface area contributed by atoms with Gasteiger partial charge in [0.05, 0.1) is 6.61 Å². The fourth-order valence-electron chi connectivity index (χ4n) is 3.69. The molecule has 0 saturated carbocycles. The fourth-order valence-corrected chi connectivity index (χ4v) is 3.69. The van der Waals surface area contributed by atoms with Crippen molar-refractivity contribution in [3.63, 3.8) is 0 Å². The number of benzene rings is 1. The minimum Gasteiger partial charge on any atom is -0.383 e. The van der Waals surface area contributed by atoms with Crippen LogP contribution in [-0.2, 0) is 10.9 Å². The van der Waals surface area contributed by atoms with Crippen molar-refractivity contribution in [3.05, 3.63) is 41.1 Å². The molecule has 0 amide bonds. The first-order valence-corrected chi connectivity index (χ1v) is 8.79. The largest absolute Gasteiger partial charge is 0.421 e. The zero-order valence-corrected chi connectivity index (χ0v) is 17.2. The molecule has 2 aromatic rings. The Hall–Kier alpha value is -1.81. The zero-order chi connectivity index (χ0) is 19.0. The molecule has 0 aliphatic carbocycles. The van der Waals surface area contributed by atoms with Gasteiger partial charge >= 0.3 is 6.18 Å². The molecule has 6 nitrogen and oxygen atoms in total. The van der Waals surface area contributed by atoms with Gasteiger partial charge in [0.15, 0.2) is 0 Å². The van der Waals surface area contributed by atoms with E-state index in [2.05, 4.69) is 32.0 Å². The Morgan fingerprint density at radius 2 is 1.90 bits per heavy atom. The molecule has 2 atom stereocenters. The third-order valence-corrected chi connectivity index (χ3v) is 4.93. The van der Waals surface area contributed by atoms with E-state index in [1.165, 1.54) is 18.2 Å². The van der Waals surface area contributed by atoms with Crippen molar-refractivity contribution in [1.82, 2.24) is 15.3 Å². The zero-order valence-electron chi connectivity index (χ0n) is 15.5. The maximum Gasteiger partial charge on any atom is 0.421 e. The maximum atomic E-state index is 13.2. The van der Waals surface area contributed by atoms with E-state index in [1.807, 2.05) is 12.1 Å². The Bertz CT molecular complexity index is 853. The minimum absolute atomic E-state index is 0. The Morgan fingerprint density at radius 1 is 1.17 bits per heavy atom. The topological polar surface area (TPSA) is 71.1 Å². The average molecular weight is 452 g/mol. The molecule has 3 heterocycles. The lowest BCUT2D eigenvalue weighted by Gasteiger charge is -2.16. The Labute approximate surface area is 178 Å². The van der Waals surface area contributed by atoms with Crippen LogP contribution < -0.4 is 16.0 Å². The van der Waals surface area contributed by atoms with E-state index < -0.39 is 11.7 Å². The second-order valence-electron chi connectivity index (χ2n) is 6.69. The van der Waals surface area contributed by atoms with E-state index >= 15 is 0 Å². The number of alkyl halides is 3. The van der Waals surface area contributed by atoms with Crippen LogP contribution in [0, 0.1) is 0 Å². The number of nitrogens with zero attached hydrogens (tertiary/aromatic N) is 2. The van der Waals surface area contributed by atoms with Crippen LogP contribution in [-0.4, -0.2) is 30.2 Å². The highest BCUT2D eigenvalue weighted by Crippen LogP contribution is 2.45. The van der Waals surface area contributed by atoms with Crippen molar-refractivity contribution in [2.45, 2.75) is 31.1 Å². The molecular formula is C18H22Cl2F3N5O. The van der Waals surface area contributed by atoms with Crippen LogP contribution >= 0.6 is 24.8 Å². The minimum atomic E-state index is -4.54. The molecular weight excluding hydrogens is 430 g/mol. The van der Waals surface area contributed by atoms with Gasteiger partial charge in [-0.2, -0.15) is 18.2 Å². The standard InChI is InChI=1S/C18H20F3N5O.2ClH/c1-27-7-6-22-16-13(18(19,20)21)9-23-17(26-16)24-10-2-3-11-12(8-10)15-5-4-14(11)25-15;;/h2-3,8-9,14-15,25H,4-7H2,1H3,(H2,22,23,24,26);2*1H. The highest BCUT2D eigenvalue weighted by molar-refractivity contribution is 5.85. The summed E-state index contributed by atoms with van der Waals surface area (Å²) >= 11 is 0. The molecule has 0 spiro atoms. The highest BCUT2D eigenvalue weighted by Gasteiger charge is 2.37. The summed E-state index contributed by atoms with van der Waals surface area (Å²) in [5.41, 5.74) is 2.39. The van der Waals surface area contributed by atoms with Gasteiger partial charge in [0.2, 0.25) is 5.95 Å². The first kappa shape index (κ1) is 23.5. The quantitative estimate of drug-likeness (QED) is 0.556. The summed E-state index contributed by atoms with van der Waals surface area (Å²) in [6.45, 7) is 0.480. The molecule has 1 fully saturated rings. The van der Waals surface area contributed by atoms with Crippen molar-refractivity contribution in [3.8, 4) is 0 Å². The monoisotopic (exact) mass is 451 g/mol. The number of hydrogen-bond donors (Lipinski definition) is 3. The van der Waals surface area contributed by atoms with Crippen molar-refractivity contribution < 1.29 is 17.9 Å². The highest BCUT2D eigenvalue weighted by atomic mass is 35.5. The van der Waals surface area contributed by atoms with E-state index in [9.17, 15) is 13.2 Å². The molecule has 29 heavy (non-hydrogen) atoms. The lowest BCUT2D eigenvalue weighted by Crippen LogP contribution is -2.16. The fraction of sp³-hybridized carbons (Fsp3) is 0.444. The molecule has 3 N–H and O–H groups in total. The first-order chi connectivity index (χ1) is 13.0. The number of nitrogens with one attached hydrogen (secondary N) is 3. The van der Waals surface area contributed by atoms with Crippen LogP contribution in [0.4, 0.5) is 30.6 Å².